The fraction of sp³-hybridized carbons (Fsp3) is 0.632. The summed E-state index contributed by atoms with van der Waals surface area (Å²) in [5.41, 5.74) is 0.685. The summed E-state index contributed by atoms with van der Waals surface area (Å²) in [6.07, 6.45) is 6.98. The van der Waals surface area contributed by atoms with Gasteiger partial charge in [0.05, 0.1) is 13.7 Å². The molecule has 1 amide bonds. The van der Waals surface area contributed by atoms with Gasteiger partial charge in [0.2, 0.25) is 0 Å². The molecule has 0 unspecified atom stereocenters. The number of hydrogen-bond acceptors (Lipinski definition) is 3. The smallest absolute Gasteiger partial charge is 0.254 e. The Hall–Kier alpha value is -1.71. The number of nitrogens with zero attached hydrogens (tertiary/aromatic N) is 1. The van der Waals surface area contributed by atoms with Crippen molar-refractivity contribution in [2.45, 2.75) is 58.4 Å². The van der Waals surface area contributed by atoms with Gasteiger partial charge in [-0.15, -0.1) is 0 Å². The molecule has 4 nitrogen and oxygen atoms in total. The van der Waals surface area contributed by atoms with Crippen molar-refractivity contribution in [2.24, 2.45) is 0 Å². The van der Waals surface area contributed by atoms with Crippen LogP contribution < -0.4 is 9.47 Å². The van der Waals surface area contributed by atoms with Crippen LogP contribution >= 0.6 is 0 Å². The maximum Gasteiger partial charge on any atom is 0.254 e. The van der Waals surface area contributed by atoms with E-state index < -0.39 is 0 Å². The number of carbonyl (C=O) groups is 1. The first-order valence-corrected chi connectivity index (χ1v) is 8.83. The van der Waals surface area contributed by atoms with Crippen LogP contribution in [-0.2, 0) is 0 Å². The van der Waals surface area contributed by atoms with Crippen molar-refractivity contribution in [3.63, 3.8) is 0 Å². The molecule has 23 heavy (non-hydrogen) atoms. The minimum absolute atomic E-state index is 0.111. The van der Waals surface area contributed by atoms with Gasteiger partial charge < -0.3 is 14.4 Å². The third-order valence-corrected chi connectivity index (χ3v) is 4.45. The Labute approximate surface area is 139 Å². The molecule has 0 aromatic heterocycles. The highest BCUT2D eigenvalue weighted by atomic mass is 16.5. The Kier molecular flexibility index (Phi) is 6.75. The summed E-state index contributed by atoms with van der Waals surface area (Å²) in [7, 11) is 1.61. The normalized spacial score (nSPS) is 15.3. The number of hydrogen-bond donors (Lipinski definition) is 0. The number of rotatable bonds is 7. The highest BCUT2D eigenvalue weighted by Crippen LogP contribution is 2.30. The molecule has 1 fully saturated rings. The van der Waals surface area contributed by atoms with E-state index in [1.807, 2.05) is 19.1 Å². The monoisotopic (exact) mass is 319 g/mol. The molecule has 0 spiro atoms. The highest BCUT2D eigenvalue weighted by molar-refractivity contribution is 5.95. The molecule has 0 radical (unpaired) electrons. The van der Waals surface area contributed by atoms with Gasteiger partial charge in [-0.1, -0.05) is 26.2 Å². The summed E-state index contributed by atoms with van der Waals surface area (Å²) >= 11 is 0. The van der Waals surface area contributed by atoms with Crippen LogP contribution in [-0.4, -0.2) is 37.1 Å². The van der Waals surface area contributed by atoms with Crippen LogP contribution in [0.3, 0.4) is 0 Å². The lowest BCUT2D eigenvalue weighted by Crippen LogP contribution is -2.41. The maximum atomic E-state index is 13.0. The Morgan fingerprint density at radius 2 is 1.91 bits per heavy atom. The Bertz CT molecular complexity index is 509. The van der Waals surface area contributed by atoms with Crippen molar-refractivity contribution in [3.8, 4) is 11.5 Å². The maximum absolute atomic E-state index is 13.0. The summed E-state index contributed by atoms with van der Waals surface area (Å²) in [5, 5.41) is 0. The zero-order valence-electron chi connectivity index (χ0n) is 14.6. The van der Waals surface area contributed by atoms with Gasteiger partial charge in [-0.05, 0) is 44.4 Å². The van der Waals surface area contributed by atoms with Crippen LogP contribution in [0.15, 0.2) is 18.2 Å². The number of carbonyl (C=O) groups excluding carboxylic acids is 1. The minimum Gasteiger partial charge on any atom is -0.493 e. The van der Waals surface area contributed by atoms with E-state index in [2.05, 4.69) is 11.8 Å². The van der Waals surface area contributed by atoms with E-state index in [1.54, 1.807) is 13.2 Å². The second-order valence-electron chi connectivity index (χ2n) is 6.09. The largest absolute Gasteiger partial charge is 0.493 e. The molecule has 0 saturated heterocycles. The predicted octanol–water partition coefficient (Wildman–Crippen LogP) is 4.28. The second-order valence-corrected chi connectivity index (χ2v) is 6.09. The molecule has 1 aliphatic rings. The van der Waals surface area contributed by atoms with Crippen LogP contribution in [0.1, 0.15) is 62.7 Å². The molecule has 0 atom stereocenters. The highest BCUT2D eigenvalue weighted by Gasteiger charge is 2.26. The molecule has 4 heteroatoms. The van der Waals surface area contributed by atoms with E-state index in [1.165, 1.54) is 19.3 Å². The number of amides is 1. The van der Waals surface area contributed by atoms with Crippen molar-refractivity contribution in [2.75, 3.05) is 20.3 Å². The van der Waals surface area contributed by atoms with Crippen molar-refractivity contribution in [1.29, 1.82) is 0 Å². The molecular weight excluding hydrogens is 290 g/mol. The van der Waals surface area contributed by atoms with Gasteiger partial charge in [-0.25, -0.2) is 0 Å². The quantitative estimate of drug-likeness (QED) is 0.753. The lowest BCUT2D eigenvalue weighted by molar-refractivity contribution is 0.0634. The van der Waals surface area contributed by atoms with Gasteiger partial charge in [-0.3, -0.25) is 4.79 Å². The molecule has 1 saturated carbocycles. The number of methoxy groups -OCH3 is 1. The summed E-state index contributed by atoms with van der Waals surface area (Å²) in [4.78, 5) is 15.1. The predicted molar refractivity (Wildman–Crippen MR) is 92.4 cm³/mol. The van der Waals surface area contributed by atoms with Crippen LogP contribution in [0.2, 0.25) is 0 Å². The third kappa shape index (κ3) is 4.40. The molecule has 2 rings (SSSR count). The van der Waals surface area contributed by atoms with Crippen LogP contribution in [0.5, 0.6) is 11.5 Å². The molecule has 1 aromatic carbocycles. The van der Waals surface area contributed by atoms with Gasteiger partial charge in [0.15, 0.2) is 11.5 Å². The van der Waals surface area contributed by atoms with Crippen molar-refractivity contribution >= 4 is 5.91 Å². The first kappa shape index (κ1) is 17.6. The van der Waals surface area contributed by atoms with E-state index in [0.29, 0.717) is 29.7 Å². The van der Waals surface area contributed by atoms with Gasteiger partial charge in [0.25, 0.3) is 5.91 Å². The molecule has 1 aliphatic carbocycles. The van der Waals surface area contributed by atoms with Gasteiger partial charge in [-0.2, -0.15) is 0 Å². The number of ether oxygens (including phenoxy) is 2. The Morgan fingerprint density at radius 1 is 1.17 bits per heavy atom. The van der Waals surface area contributed by atoms with Crippen molar-refractivity contribution in [1.82, 2.24) is 4.90 Å². The Balaban J connectivity index is 2.21. The zero-order valence-corrected chi connectivity index (χ0v) is 14.6. The van der Waals surface area contributed by atoms with Gasteiger partial charge in [0.1, 0.15) is 0 Å². The summed E-state index contributed by atoms with van der Waals surface area (Å²) in [6, 6.07) is 5.87. The zero-order chi connectivity index (χ0) is 16.7. The topological polar surface area (TPSA) is 38.8 Å². The van der Waals surface area contributed by atoms with Gasteiger partial charge >= 0.3 is 0 Å². The Morgan fingerprint density at radius 3 is 2.52 bits per heavy atom. The molecule has 0 aliphatic heterocycles. The molecule has 1 aromatic rings. The van der Waals surface area contributed by atoms with E-state index >= 15 is 0 Å². The summed E-state index contributed by atoms with van der Waals surface area (Å²) in [6.45, 7) is 5.46. The van der Waals surface area contributed by atoms with Crippen molar-refractivity contribution in [3.05, 3.63) is 23.8 Å². The standard InChI is InChI=1S/C19H29NO3/c1-4-13-20(16-9-7-6-8-10-16)19(21)15-11-12-17(23-5-2)18(14-15)22-3/h11-12,14,16H,4-10,13H2,1-3H3. The van der Waals surface area contributed by atoms with Crippen LogP contribution in [0.25, 0.3) is 0 Å². The van der Waals surface area contributed by atoms with E-state index in [4.69, 9.17) is 9.47 Å². The number of benzene rings is 1. The lowest BCUT2D eigenvalue weighted by atomic mass is 9.93. The molecule has 0 bridgehead atoms. The van der Waals surface area contributed by atoms with E-state index in [0.717, 1.165) is 25.8 Å². The fourth-order valence-electron chi connectivity index (χ4n) is 3.32. The average molecular weight is 319 g/mol. The summed E-state index contributed by atoms with van der Waals surface area (Å²) < 4.78 is 10.9. The first-order chi connectivity index (χ1) is 11.2. The molecular formula is C19H29NO3. The minimum atomic E-state index is 0.111. The van der Waals surface area contributed by atoms with Crippen LogP contribution in [0, 0.1) is 0 Å². The average Bonchev–Trinajstić information content (AvgIpc) is 2.60. The van der Waals surface area contributed by atoms with Crippen molar-refractivity contribution < 1.29 is 14.3 Å². The van der Waals surface area contributed by atoms with Crippen LogP contribution in [0.4, 0.5) is 0 Å². The molecule has 0 heterocycles. The van der Waals surface area contributed by atoms with Gasteiger partial charge in [0, 0.05) is 18.2 Å². The van der Waals surface area contributed by atoms with E-state index in [9.17, 15) is 4.79 Å². The van der Waals surface area contributed by atoms with E-state index in [-0.39, 0.29) is 5.91 Å². The molecule has 0 N–H and O–H groups in total. The molecule has 128 valence electrons. The SMILES string of the molecule is CCCN(C(=O)c1ccc(OCC)c(OC)c1)C1CCCCC1. The second kappa shape index (κ2) is 8.80. The first-order valence-electron chi connectivity index (χ1n) is 8.83. The lowest BCUT2D eigenvalue weighted by Gasteiger charge is -2.34. The third-order valence-electron chi connectivity index (χ3n) is 4.45. The summed E-state index contributed by atoms with van der Waals surface area (Å²) in [5.74, 6) is 1.42. The fourth-order valence-corrected chi connectivity index (χ4v) is 3.32.